The van der Waals surface area contributed by atoms with Crippen LogP contribution in [0.3, 0.4) is 0 Å². The van der Waals surface area contributed by atoms with Crippen molar-refractivity contribution in [3.05, 3.63) is 163 Å². The fraction of sp³-hybridized carbons (Fsp3) is 0.269. The lowest BCUT2D eigenvalue weighted by molar-refractivity contribution is -0.140. The van der Waals surface area contributed by atoms with Crippen molar-refractivity contribution in [3.63, 3.8) is 0 Å². The molecule has 4 aromatic carbocycles. The summed E-state index contributed by atoms with van der Waals surface area (Å²) in [7, 11) is 0. The first kappa shape index (κ1) is 54.0. The van der Waals surface area contributed by atoms with E-state index in [1.54, 1.807) is 48.8 Å². The molecule has 10 N–H and O–H groups in total. The lowest BCUT2D eigenvalue weighted by atomic mass is 9.92. The number of rotatable bonds is 27. The Hall–Kier alpha value is -7.32. The highest BCUT2D eigenvalue weighted by Crippen LogP contribution is 2.37. The molecule has 2 aromatic heterocycles. The first-order valence-electron chi connectivity index (χ1n) is 22.5. The molecule has 2 atom stereocenters. The van der Waals surface area contributed by atoms with E-state index in [4.69, 9.17) is 63.8 Å². The van der Waals surface area contributed by atoms with Gasteiger partial charge >= 0.3 is 11.9 Å². The second-order valence-corrected chi connectivity index (χ2v) is 17.6. The van der Waals surface area contributed by atoms with E-state index in [0.717, 1.165) is 33.4 Å². The molecule has 0 aliphatic heterocycles. The van der Waals surface area contributed by atoms with E-state index in [-0.39, 0.29) is 73.8 Å². The van der Waals surface area contributed by atoms with Gasteiger partial charge in [0.1, 0.15) is 49.4 Å². The standard InChI is InChI=1S/C52H54Cl2N6O12/c1-29-33(27-71-47-15-45(69-25-31-9-37(51(55)67)21-57-17-31)35(11-43(47)53)19-59-23-39(61)13-49(63)64)5-3-7-41(29)42-8-4-6-34(30(42)2)28-72-48-16-46(70-26-32-10-38(52(56)68)22-58-18-32)36(12-44(48)54)20-60-24-40(62)14-50(65)66/h3-12,15-18,21-22,39-40,59-62H,13-14,19-20,23-28H2,1-2H3,(H2,55,67)(H2,56,68)(H,63,64)(H,65,66)/t39-,40-/m0/s1. The number of carboxylic acids is 2. The molecule has 0 bridgehead atoms. The smallest absolute Gasteiger partial charge is 0.306 e. The zero-order valence-electron chi connectivity index (χ0n) is 39.3. The summed E-state index contributed by atoms with van der Waals surface area (Å²) in [5.74, 6) is -2.11. The number of hydrogen-bond donors (Lipinski definition) is 8. The number of carbonyl (C=O) groups is 4. The van der Waals surface area contributed by atoms with Gasteiger partial charge in [-0.3, -0.25) is 29.1 Å². The van der Waals surface area contributed by atoms with Crippen LogP contribution in [0.2, 0.25) is 10.0 Å². The minimum atomic E-state index is -1.13. The third-order valence-corrected chi connectivity index (χ3v) is 11.9. The number of carbonyl (C=O) groups excluding carboxylic acids is 2. The Morgan fingerprint density at radius 2 is 0.944 bits per heavy atom. The summed E-state index contributed by atoms with van der Waals surface area (Å²) in [5.41, 5.74) is 19.3. The van der Waals surface area contributed by atoms with Crippen LogP contribution in [0.25, 0.3) is 11.1 Å². The molecule has 20 heteroatoms. The van der Waals surface area contributed by atoms with Crippen LogP contribution >= 0.6 is 23.2 Å². The van der Waals surface area contributed by atoms with Crippen molar-refractivity contribution >= 4 is 47.0 Å². The van der Waals surface area contributed by atoms with Gasteiger partial charge in [0, 0.05) is 85.4 Å². The minimum Gasteiger partial charge on any atom is -0.488 e. The Morgan fingerprint density at radius 1 is 0.556 bits per heavy atom. The molecule has 6 rings (SSSR count). The molecule has 0 aliphatic carbocycles. The zero-order valence-corrected chi connectivity index (χ0v) is 40.8. The fourth-order valence-electron chi connectivity index (χ4n) is 7.51. The van der Waals surface area contributed by atoms with Crippen LogP contribution in [-0.4, -0.2) is 79.4 Å². The first-order valence-corrected chi connectivity index (χ1v) is 23.2. The highest BCUT2D eigenvalue weighted by atomic mass is 35.5. The number of aromatic nitrogens is 2. The van der Waals surface area contributed by atoms with Gasteiger partial charge in [0.15, 0.2) is 0 Å². The van der Waals surface area contributed by atoms with Crippen LogP contribution < -0.4 is 41.0 Å². The number of primary amides is 2. The number of nitrogens with one attached hydrogen (secondary N) is 2. The molecule has 72 heavy (non-hydrogen) atoms. The quantitative estimate of drug-likeness (QED) is 0.0276. The molecule has 2 heterocycles. The van der Waals surface area contributed by atoms with Crippen molar-refractivity contribution in [1.29, 1.82) is 0 Å². The van der Waals surface area contributed by atoms with E-state index in [0.29, 0.717) is 45.3 Å². The number of benzene rings is 4. The average molecular weight is 1030 g/mol. The van der Waals surface area contributed by atoms with Gasteiger partial charge in [-0.25, -0.2) is 0 Å². The highest BCUT2D eigenvalue weighted by molar-refractivity contribution is 6.32. The molecule has 0 unspecified atom stereocenters. The number of ether oxygens (including phenoxy) is 4. The number of aliphatic carboxylic acids is 2. The van der Waals surface area contributed by atoms with Crippen LogP contribution in [0.4, 0.5) is 0 Å². The summed E-state index contributed by atoms with van der Waals surface area (Å²) in [5, 5.41) is 45.0. The van der Waals surface area contributed by atoms with Crippen LogP contribution in [0.1, 0.15) is 78.1 Å². The maximum atomic E-state index is 11.8. The van der Waals surface area contributed by atoms with Crippen molar-refractivity contribution < 1.29 is 58.6 Å². The number of aliphatic hydroxyl groups excluding tert-OH is 2. The number of amides is 2. The number of carboxylic acid groups (broad SMARTS) is 2. The minimum absolute atomic E-state index is 0.000622. The van der Waals surface area contributed by atoms with Crippen molar-refractivity contribution in [1.82, 2.24) is 20.6 Å². The third kappa shape index (κ3) is 15.3. The Morgan fingerprint density at radius 3 is 1.32 bits per heavy atom. The van der Waals surface area contributed by atoms with Crippen molar-refractivity contribution in [2.75, 3.05) is 13.1 Å². The fourth-order valence-corrected chi connectivity index (χ4v) is 7.99. The van der Waals surface area contributed by atoms with E-state index in [2.05, 4.69) is 20.6 Å². The van der Waals surface area contributed by atoms with Gasteiger partial charge < -0.3 is 61.5 Å². The Kier molecular flexibility index (Phi) is 19.3. The third-order valence-electron chi connectivity index (χ3n) is 11.3. The number of aliphatic hydroxyl groups is 2. The van der Waals surface area contributed by atoms with Gasteiger partial charge in [-0.1, -0.05) is 59.6 Å². The van der Waals surface area contributed by atoms with E-state index >= 15 is 0 Å². The Bertz CT molecular complexity index is 2730. The highest BCUT2D eigenvalue weighted by Gasteiger charge is 2.19. The molecule has 378 valence electrons. The number of halogens is 2. The molecule has 18 nitrogen and oxygen atoms in total. The molecular formula is C52H54Cl2N6O12. The number of pyridine rings is 2. The Labute approximate surface area is 424 Å². The topological polar surface area (TPSA) is 288 Å². The van der Waals surface area contributed by atoms with Gasteiger partial charge in [0.25, 0.3) is 0 Å². The van der Waals surface area contributed by atoms with Gasteiger partial charge in [-0.15, -0.1) is 0 Å². The second kappa shape index (κ2) is 25.7. The molecule has 0 saturated carbocycles. The van der Waals surface area contributed by atoms with Gasteiger partial charge in [-0.05, 0) is 71.5 Å². The van der Waals surface area contributed by atoms with Gasteiger partial charge in [0.05, 0.1) is 46.2 Å². The molecule has 0 radical (unpaired) electrons. The average Bonchev–Trinajstić information content (AvgIpc) is 3.33. The van der Waals surface area contributed by atoms with Crippen molar-refractivity contribution in [3.8, 4) is 34.1 Å². The molecule has 0 fully saturated rings. The van der Waals surface area contributed by atoms with E-state index in [1.165, 1.54) is 12.4 Å². The zero-order chi connectivity index (χ0) is 51.9. The summed E-state index contributed by atoms with van der Waals surface area (Å²) < 4.78 is 25.1. The largest absolute Gasteiger partial charge is 0.488 e. The van der Waals surface area contributed by atoms with Crippen LogP contribution in [-0.2, 0) is 49.1 Å². The van der Waals surface area contributed by atoms with Crippen molar-refractivity contribution in [2.45, 2.75) is 78.4 Å². The molecule has 0 saturated heterocycles. The van der Waals surface area contributed by atoms with Crippen molar-refractivity contribution in [2.24, 2.45) is 11.5 Å². The number of hydrogen-bond acceptors (Lipinski definition) is 14. The molecule has 2 amide bonds. The molecule has 0 spiro atoms. The van der Waals surface area contributed by atoms with Crippen LogP contribution in [0.15, 0.2) is 97.6 Å². The summed E-state index contributed by atoms with van der Waals surface area (Å²) in [6.07, 6.45) is 2.71. The maximum Gasteiger partial charge on any atom is 0.306 e. The predicted octanol–water partition coefficient (Wildman–Crippen LogP) is 6.43. The summed E-state index contributed by atoms with van der Waals surface area (Å²) in [6, 6.07) is 21.6. The van der Waals surface area contributed by atoms with Crippen LogP contribution in [0.5, 0.6) is 23.0 Å². The van der Waals surface area contributed by atoms with Gasteiger partial charge in [-0.2, -0.15) is 0 Å². The second-order valence-electron chi connectivity index (χ2n) is 16.8. The monoisotopic (exact) mass is 1020 g/mol. The van der Waals surface area contributed by atoms with E-state index in [1.807, 2.05) is 50.2 Å². The van der Waals surface area contributed by atoms with E-state index in [9.17, 15) is 29.4 Å². The first-order chi connectivity index (χ1) is 34.4. The van der Waals surface area contributed by atoms with E-state index < -0.39 is 48.8 Å². The molecule has 6 aromatic rings. The summed E-state index contributed by atoms with van der Waals surface area (Å²) >= 11 is 13.6. The summed E-state index contributed by atoms with van der Waals surface area (Å²) in [4.78, 5) is 53.9. The lowest BCUT2D eigenvalue weighted by Gasteiger charge is -2.19. The number of nitrogens with zero attached hydrogens (tertiary/aromatic N) is 2. The summed E-state index contributed by atoms with van der Waals surface area (Å²) in [6.45, 7) is 4.63. The maximum absolute atomic E-state index is 11.8. The normalized spacial score (nSPS) is 11.9. The molecular weight excluding hydrogens is 972 g/mol. The molecule has 0 aliphatic rings. The SMILES string of the molecule is Cc1c(COc2cc(OCc3cncc(C(N)=O)c3)c(CNC[C@@H](O)CC(=O)O)cc2Cl)cccc1-c1cccc(COc2cc(OCc3cncc(C(N)=O)c3)c(CNC[C@@H](O)CC(=O)O)cc2Cl)c1C. The number of nitrogens with two attached hydrogens (primary N) is 2. The predicted molar refractivity (Wildman–Crippen MR) is 267 cm³/mol. The Balaban J connectivity index is 1.19. The van der Waals surface area contributed by atoms with Crippen LogP contribution in [0, 0.1) is 13.8 Å². The lowest BCUT2D eigenvalue weighted by Crippen LogP contribution is -2.28. The van der Waals surface area contributed by atoms with Gasteiger partial charge in [0.2, 0.25) is 11.8 Å².